The van der Waals surface area contributed by atoms with E-state index in [9.17, 15) is 9.18 Å². The Labute approximate surface area is 185 Å². The maximum absolute atomic E-state index is 13.2. The Morgan fingerprint density at radius 3 is 2.61 bits per heavy atom. The molecule has 4 rings (SSSR count). The van der Waals surface area contributed by atoms with Crippen molar-refractivity contribution in [3.8, 4) is 16.3 Å². The summed E-state index contributed by atoms with van der Waals surface area (Å²) in [6.45, 7) is 4.33. The zero-order valence-corrected chi connectivity index (χ0v) is 18.5. The number of nitrogens with one attached hydrogen (secondary N) is 1. The summed E-state index contributed by atoms with van der Waals surface area (Å²) < 4.78 is 18.8. The number of ether oxygens (including phenoxy) is 1. The minimum absolute atomic E-state index is 0.0485. The molecule has 0 spiro atoms. The number of carbonyl (C=O) groups excluding carboxylic acids is 1. The number of para-hydroxylation sites is 1. The number of thiazole rings is 1. The van der Waals surface area contributed by atoms with Crippen LogP contribution in [0.5, 0.6) is 5.75 Å². The van der Waals surface area contributed by atoms with Crippen molar-refractivity contribution in [3.05, 3.63) is 70.5 Å². The van der Waals surface area contributed by atoms with Crippen LogP contribution in [0.15, 0.2) is 48.5 Å². The molecule has 0 saturated carbocycles. The normalized spacial score (nSPS) is 15.1. The van der Waals surface area contributed by atoms with Crippen LogP contribution < -0.4 is 10.1 Å². The number of carbonyl (C=O) groups is 1. The third-order valence-corrected chi connectivity index (χ3v) is 6.83. The second-order valence-corrected chi connectivity index (χ2v) is 8.65. The first kappa shape index (κ1) is 21.5. The second kappa shape index (κ2) is 9.58. The van der Waals surface area contributed by atoms with Gasteiger partial charge in [-0.05, 0) is 63.2 Å². The lowest BCUT2D eigenvalue weighted by molar-refractivity contribution is 0.0940. The molecule has 1 fully saturated rings. The predicted molar refractivity (Wildman–Crippen MR) is 121 cm³/mol. The lowest BCUT2D eigenvalue weighted by Gasteiger charge is -2.29. The SMILES string of the molecule is COc1ccccc1C(CNC(=O)c1sc(-c2ccc(F)cc2)nc1C)N1CCCC1. The van der Waals surface area contributed by atoms with Crippen molar-refractivity contribution in [2.45, 2.75) is 25.8 Å². The highest BCUT2D eigenvalue weighted by Gasteiger charge is 2.27. The van der Waals surface area contributed by atoms with Gasteiger partial charge in [0.2, 0.25) is 0 Å². The summed E-state index contributed by atoms with van der Waals surface area (Å²) in [6.07, 6.45) is 2.32. The average molecular weight is 440 g/mol. The molecule has 1 aliphatic heterocycles. The number of nitrogens with zero attached hydrogens (tertiary/aromatic N) is 2. The highest BCUT2D eigenvalue weighted by Crippen LogP contribution is 2.32. The van der Waals surface area contributed by atoms with Crippen molar-refractivity contribution in [2.75, 3.05) is 26.7 Å². The Balaban J connectivity index is 1.52. The van der Waals surface area contributed by atoms with Crippen LogP contribution in [0.2, 0.25) is 0 Å². The summed E-state index contributed by atoms with van der Waals surface area (Å²) in [4.78, 5) is 20.5. The molecular formula is C24H26FN3O2S. The maximum Gasteiger partial charge on any atom is 0.263 e. The van der Waals surface area contributed by atoms with E-state index < -0.39 is 0 Å². The largest absolute Gasteiger partial charge is 0.496 e. The molecule has 0 bridgehead atoms. The fourth-order valence-corrected chi connectivity index (χ4v) is 5.01. The van der Waals surface area contributed by atoms with Gasteiger partial charge in [-0.1, -0.05) is 18.2 Å². The van der Waals surface area contributed by atoms with E-state index in [1.165, 1.54) is 23.5 Å². The minimum Gasteiger partial charge on any atom is -0.496 e. The van der Waals surface area contributed by atoms with Gasteiger partial charge < -0.3 is 10.1 Å². The van der Waals surface area contributed by atoms with Gasteiger partial charge in [0, 0.05) is 17.7 Å². The van der Waals surface area contributed by atoms with Crippen molar-refractivity contribution < 1.29 is 13.9 Å². The molecule has 1 aromatic heterocycles. The first-order chi connectivity index (χ1) is 15.1. The van der Waals surface area contributed by atoms with Gasteiger partial charge in [-0.15, -0.1) is 11.3 Å². The van der Waals surface area contributed by atoms with E-state index in [1.54, 1.807) is 19.2 Å². The molecule has 2 heterocycles. The Morgan fingerprint density at radius 2 is 1.90 bits per heavy atom. The van der Waals surface area contributed by atoms with Crippen LogP contribution in [0.25, 0.3) is 10.6 Å². The molecule has 1 saturated heterocycles. The number of amides is 1. The first-order valence-electron chi connectivity index (χ1n) is 10.5. The number of halogens is 1. The molecule has 162 valence electrons. The molecule has 3 aromatic rings. The summed E-state index contributed by atoms with van der Waals surface area (Å²) in [5.41, 5.74) is 2.56. The van der Waals surface area contributed by atoms with E-state index in [-0.39, 0.29) is 17.8 Å². The van der Waals surface area contributed by atoms with Crippen LogP contribution in [0, 0.1) is 12.7 Å². The van der Waals surface area contributed by atoms with Crippen LogP contribution in [0.3, 0.4) is 0 Å². The first-order valence-corrected chi connectivity index (χ1v) is 11.3. The summed E-state index contributed by atoms with van der Waals surface area (Å²) in [6, 6.07) is 14.2. The Morgan fingerprint density at radius 1 is 1.19 bits per heavy atom. The Kier molecular flexibility index (Phi) is 6.63. The van der Waals surface area contributed by atoms with Gasteiger partial charge in [0.1, 0.15) is 21.5 Å². The van der Waals surface area contributed by atoms with Crippen molar-refractivity contribution >= 4 is 17.2 Å². The van der Waals surface area contributed by atoms with Crippen molar-refractivity contribution in [1.29, 1.82) is 0 Å². The van der Waals surface area contributed by atoms with Crippen LogP contribution in [-0.4, -0.2) is 42.5 Å². The van der Waals surface area contributed by atoms with Gasteiger partial charge in [0.25, 0.3) is 5.91 Å². The molecule has 1 unspecified atom stereocenters. The Hall–Kier alpha value is -2.77. The predicted octanol–water partition coefficient (Wildman–Crippen LogP) is 4.83. The van der Waals surface area contributed by atoms with Crippen molar-refractivity contribution in [1.82, 2.24) is 15.2 Å². The van der Waals surface area contributed by atoms with Gasteiger partial charge in [0.15, 0.2) is 0 Å². The summed E-state index contributed by atoms with van der Waals surface area (Å²) in [7, 11) is 1.68. The number of hydrogen-bond donors (Lipinski definition) is 1. The molecule has 1 amide bonds. The minimum atomic E-state index is -0.292. The monoisotopic (exact) mass is 439 g/mol. The molecule has 1 N–H and O–H groups in total. The number of likely N-dealkylation sites (tertiary alicyclic amines) is 1. The van der Waals surface area contributed by atoms with E-state index in [0.29, 0.717) is 22.1 Å². The molecule has 0 radical (unpaired) electrons. The van der Waals surface area contributed by atoms with Gasteiger partial charge >= 0.3 is 0 Å². The summed E-state index contributed by atoms with van der Waals surface area (Å²) in [5, 5.41) is 3.83. The number of aryl methyl sites for hydroxylation is 1. The fourth-order valence-electron chi connectivity index (χ4n) is 4.02. The fraction of sp³-hybridized carbons (Fsp3) is 0.333. The lowest BCUT2D eigenvalue weighted by atomic mass is 10.0. The molecule has 31 heavy (non-hydrogen) atoms. The molecule has 7 heteroatoms. The van der Waals surface area contributed by atoms with E-state index in [0.717, 1.165) is 42.8 Å². The van der Waals surface area contributed by atoms with E-state index in [4.69, 9.17) is 4.74 Å². The quantitative estimate of drug-likeness (QED) is 0.573. The van der Waals surface area contributed by atoms with E-state index in [2.05, 4.69) is 21.3 Å². The van der Waals surface area contributed by atoms with Crippen LogP contribution in [-0.2, 0) is 0 Å². The molecule has 2 aromatic carbocycles. The molecular weight excluding hydrogens is 413 g/mol. The Bertz CT molecular complexity index is 1050. The lowest BCUT2D eigenvalue weighted by Crippen LogP contribution is -2.37. The number of rotatable bonds is 7. The number of methoxy groups -OCH3 is 1. The summed E-state index contributed by atoms with van der Waals surface area (Å²) in [5.74, 6) is 0.406. The average Bonchev–Trinajstić information content (AvgIpc) is 3.45. The standard InChI is InChI=1S/C24H26FN3O2S/c1-16-22(31-24(27-16)17-9-11-18(25)12-10-17)23(29)26-15-20(28-13-5-6-14-28)19-7-3-4-8-21(19)30-2/h3-4,7-12,20H,5-6,13-15H2,1-2H3,(H,26,29). The van der Waals surface area contributed by atoms with E-state index in [1.807, 2.05) is 25.1 Å². The molecule has 0 aliphatic carbocycles. The van der Waals surface area contributed by atoms with Gasteiger partial charge in [-0.3, -0.25) is 9.69 Å². The maximum atomic E-state index is 13.2. The molecule has 1 aliphatic rings. The zero-order chi connectivity index (χ0) is 21.8. The highest BCUT2D eigenvalue weighted by atomic mass is 32.1. The van der Waals surface area contributed by atoms with Crippen LogP contribution >= 0.6 is 11.3 Å². The third-order valence-electron chi connectivity index (χ3n) is 5.63. The van der Waals surface area contributed by atoms with Crippen LogP contribution in [0.1, 0.15) is 39.8 Å². The number of benzene rings is 2. The van der Waals surface area contributed by atoms with Gasteiger partial charge in [0.05, 0.1) is 18.8 Å². The summed E-state index contributed by atoms with van der Waals surface area (Å²) >= 11 is 1.33. The third kappa shape index (κ3) is 4.78. The smallest absolute Gasteiger partial charge is 0.263 e. The number of aromatic nitrogens is 1. The van der Waals surface area contributed by atoms with E-state index >= 15 is 0 Å². The van der Waals surface area contributed by atoms with Crippen molar-refractivity contribution in [3.63, 3.8) is 0 Å². The zero-order valence-electron chi connectivity index (χ0n) is 17.7. The highest BCUT2D eigenvalue weighted by molar-refractivity contribution is 7.17. The van der Waals surface area contributed by atoms with Gasteiger partial charge in [-0.2, -0.15) is 0 Å². The van der Waals surface area contributed by atoms with Crippen LogP contribution in [0.4, 0.5) is 4.39 Å². The second-order valence-electron chi connectivity index (χ2n) is 7.65. The topological polar surface area (TPSA) is 54.5 Å². The molecule has 1 atom stereocenters. The molecule has 5 nitrogen and oxygen atoms in total. The van der Waals surface area contributed by atoms with Crippen molar-refractivity contribution in [2.24, 2.45) is 0 Å². The van der Waals surface area contributed by atoms with Gasteiger partial charge in [-0.25, -0.2) is 9.37 Å². The number of hydrogen-bond acceptors (Lipinski definition) is 5.